The quantitative estimate of drug-likeness (QED) is 0.880. The molecule has 1 aliphatic carbocycles. The second kappa shape index (κ2) is 4.17. The number of fused-ring (bicyclic) bond motifs is 1. The van der Waals surface area contributed by atoms with Crippen molar-refractivity contribution in [2.45, 2.75) is 30.2 Å². The smallest absolute Gasteiger partial charge is 0.325 e. The number of hydrogen-bond donors (Lipinski definition) is 1. The second-order valence-corrected chi connectivity index (χ2v) is 7.94. The molecule has 0 radical (unpaired) electrons. The molecule has 0 unspecified atom stereocenters. The van der Waals surface area contributed by atoms with Crippen LogP contribution in [0.1, 0.15) is 19.8 Å². The average molecular weight is 312 g/mol. The van der Waals surface area contributed by atoms with Crippen LogP contribution in [0, 0.1) is 5.41 Å². The Morgan fingerprint density at radius 1 is 1.43 bits per heavy atom. The molecule has 0 aromatic carbocycles. The summed E-state index contributed by atoms with van der Waals surface area (Å²) in [6, 6.07) is 1.36. The molecule has 3 aliphatic rings. The molecule has 0 atom stereocenters. The van der Waals surface area contributed by atoms with E-state index in [0.717, 1.165) is 4.31 Å². The van der Waals surface area contributed by atoms with E-state index in [1.165, 1.54) is 25.6 Å². The summed E-state index contributed by atoms with van der Waals surface area (Å²) < 4.78 is 31.6. The first-order chi connectivity index (χ1) is 9.73. The maximum Gasteiger partial charge on any atom is 0.325 e. The van der Waals surface area contributed by atoms with Crippen molar-refractivity contribution in [3.05, 3.63) is 18.5 Å². The summed E-state index contributed by atoms with van der Waals surface area (Å²) >= 11 is 0. The highest BCUT2D eigenvalue weighted by atomic mass is 32.2. The summed E-state index contributed by atoms with van der Waals surface area (Å²) in [5.41, 5.74) is -1.56. The number of methoxy groups -OCH3 is 1. The highest BCUT2D eigenvalue weighted by Crippen LogP contribution is 2.60. The average Bonchev–Trinajstić information content (AvgIpc) is 2.89. The molecule has 1 aromatic rings. The molecule has 2 aliphatic heterocycles. The first-order valence-electron chi connectivity index (χ1n) is 6.49. The molecule has 8 heteroatoms. The van der Waals surface area contributed by atoms with Crippen LogP contribution in [0.25, 0.3) is 0 Å². The maximum absolute atomic E-state index is 12.8. The number of carboxylic acids is 1. The monoisotopic (exact) mass is 312 g/mol. The molecule has 2 bridgehead atoms. The second-order valence-electron chi connectivity index (χ2n) is 6.07. The molecule has 1 N–H and O–H groups in total. The third kappa shape index (κ3) is 1.86. The number of rotatable bonds is 4. The molecule has 21 heavy (non-hydrogen) atoms. The maximum atomic E-state index is 12.8. The van der Waals surface area contributed by atoms with E-state index < -0.39 is 21.5 Å². The van der Waals surface area contributed by atoms with Crippen LogP contribution in [-0.4, -0.2) is 48.0 Å². The van der Waals surface area contributed by atoms with Gasteiger partial charge in [-0.25, -0.2) is 8.42 Å². The molecule has 0 spiro atoms. The van der Waals surface area contributed by atoms with E-state index in [1.54, 1.807) is 0 Å². The van der Waals surface area contributed by atoms with E-state index >= 15 is 0 Å². The van der Waals surface area contributed by atoms with Gasteiger partial charge in [-0.15, -0.1) is 0 Å². The fourth-order valence-corrected chi connectivity index (χ4v) is 5.36. The predicted octanol–water partition coefficient (Wildman–Crippen LogP) is 0.718. The summed E-state index contributed by atoms with van der Waals surface area (Å²) in [4.78, 5) is 15.4. The number of pyridine rings is 1. The number of sulfonamides is 1. The van der Waals surface area contributed by atoms with Crippen molar-refractivity contribution in [2.24, 2.45) is 5.41 Å². The van der Waals surface area contributed by atoms with Crippen molar-refractivity contribution in [2.75, 3.05) is 13.7 Å². The van der Waals surface area contributed by atoms with E-state index in [4.69, 9.17) is 4.74 Å². The molecule has 4 rings (SSSR count). The lowest BCUT2D eigenvalue weighted by Crippen LogP contribution is -2.56. The lowest BCUT2D eigenvalue weighted by molar-refractivity contribution is -0.151. The Morgan fingerprint density at radius 2 is 2.10 bits per heavy atom. The molecular formula is C13H16N2O5S. The fraction of sp³-hybridized carbons (Fsp3) is 0.538. The van der Waals surface area contributed by atoms with Crippen molar-refractivity contribution in [1.82, 2.24) is 9.29 Å². The van der Waals surface area contributed by atoms with Gasteiger partial charge in [0.25, 0.3) is 0 Å². The van der Waals surface area contributed by atoms with Crippen molar-refractivity contribution in [3.63, 3.8) is 0 Å². The van der Waals surface area contributed by atoms with Crippen molar-refractivity contribution in [1.29, 1.82) is 0 Å². The molecule has 1 aromatic heterocycles. The summed E-state index contributed by atoms with van der Waals surface area (Å²) in [6.07, 6.45) is 3.32. The van der Waals surface area contributed by atoms with Crippen LogP contribution in [-0.2, 0) is 14.8 Å². The van der Waals surface area contributed by atoms with Gasteiger partial charge >= 0.3 is 5.97 Å². The number of hydrogen-bond acceptors (Lipinski definition) is 5. The van der Waals surface area contributed by atoms with Crippen LogP contribution in [0.15, 0.2) is 23.4 Å². The minimum atomic E-state index is -3.91. The third-order valence-corrected chi connectivity index (χ3v) is 6.23. The lowest BCUT2D eigenvalue weighted by Gasteiger charge is -2.42. The van der Waals surface area contributed by atoms with E-state index in [2.05, 4.69) is 4.98 Å². The standard InChI is InChI=1S/C13H16N2O5S/c1-12-6-13(7-12,11(16)17)15(8-12)21(18,19)10-3-9(20-2)4-14-5-10/h3-5H,6-8H2,1-2H3,(H,16,17). The van der Waals surface area contributed by atoms with Gasteiger partial charge in [0, 0.05) is 18.8 Å². The van der Waals surface area contributed by atoms with Gasteiger partial charge in [0.15, 0.2) is 0 Å². The van der Waals surface area contributed by atoms with E-state index in [9.17, 15) is 18.3 Å². The summed E-state index contributed by atoms with van der Waals surface area (Å²) in [7, 11) is -2.49. The summed E-state index contributed by atoms with van der Waals surface area (Å²) in [5.74, 6) is -0.768. The molecule has 1 saturated carbocycles. The first kappa shape index (κ1) is 14.3. The van der Waals surface area contributed by atoms with Gasteiger partial charge in [0.2, 0.25) is 10.0 Å². The van der Waals surface area contributed by atoms with E-state index in [0.29, 0.717) is 18.6 Å². The highest BCUT2D eigenvalue weighted by molar-refractivity contribution is 7.89. The molecule has 114 valence electrons. The van der Waals surface area contributed by atoms with Crippen molar-refractivity contribution >= 4 is 16.0 Å². The first-order valence-corrected chi connectivity index (χ1v) is 7.93. The van der Waals surface area contributed by atoms with Gasteiger partial charge in [-0.2, -0.15) is 4.31 Å². The van der Waals surface area contributed by atoms with Crippen LogP contribution in [0.4, 0.5) is 0 Å². The number of nitrogens with zero attached hydrogens (tertiary/aromatic N) is 2. The summed E-state index contributed by atoms with van der Waals surface area (Å²) in [5, 5.41) is 9.46. The van der Waals surface area contributed by atoms with Gasteiger partial charge in [0.05, 0.1) is 13.3 Å². The zero-order valence-corrected chi connectivity index (χ0v) is 12.6. The molecular weight excluding hydrogens is 296 g/mol. The SMILES string of the molecule is COc1cncc(S(=O)(=O)N2CC3(C)CC2(C(=O)O)C3)c1. The normalized spacial score (nSPS) is 31.7. The Hall–Kier alpha value is -1.67. The lowest BCUT2D eigenvalue weighted by atomic mass is 9.63. The van der Waals surface area contributed by atoms with Gasteiger partial charge in [-0.1, -0.05) is 6.92 Å². The Morgan fingerprint density at radius 3 is 2.67 bits per heavy atom. The van der Waals surface area contributed by atoms with Gasteiger partial charge in [0.1, 0.15) is 16.2 Å². The zero-order valence-electron chi connectivity index (χ0n) is 11.7. The molecule has 3 fully saturated rings. The van der Waals surface area contributed by atoms with E-state index in [-0.39, 0.29) is 16.9 Å². The summed E-state index contributed by atoms with van der Waals surface area (Å²) in [6.45, 7) is 2.13. The van der Waals surface area contributed by atoms with Crippen LogP contribution in [0.2, 0.25) is 0 Å². The minimum Gasteiger partial charge on any atom is -0.495 e. The Bertz CT molecular complexity index is 709. The number of aromatic nitrogens is 1. The van der Waals surface area contributed by atoms with Gasteiger partial charge in [-0.05, 0) is 18.3 Å². The fourth-order valence-electron chi connectivity index (χ4n) is 3.50. The Labute approximate surface area is 122 Å². The predicted molar refractivity (Wildman–Crippen MR) is 72.4 cm³/mol. The third-order valence-electron chi connectivity index (χ3n) is 4.35. The largest absolute Gasteiger partial charge is 0.495 e. The molecule has 2 saturated heterocycles. The van der Waals surface area contributed by atoms with E-state index in [1.807, 2.05) is 6.92 Å². The Balaban J connectivity index is 2.04. The number of carbonyl (C=O) groups is 1. The topological polar surface area (TPSA) is 96.8 Å². The number of ether oxygens (including phenoxy) is 1. The van der Waals surface area contributed by atoms with Crippen LogP contribution >= 0.6 is 0 Å². The molecule has 7 nitrogen and oxygen atoms in total. The number of carboxylic acid groups (broad SMARTS) is 1. The van der Waals surface area contributed by atoms with Crippen LogP contribution < -0.4 is 4.74 Å². The van der Waals surface area contributed by atoms with Gasteiger partial charge in [-0.3, -0.25) is 9.78 Å². The highest BCUT2D eigenvalue weighted by Gasteiger charge is 2.70. The van der Waals surface area contributed by atoms with Crippen molar-refractivity contribution < 1.29 is 23.1 Å². The molecule has 0 amide bonds. The van der Waals surface area contributed by atoms with Crippen LogP contribution in [0.3, 0.4) is 0 Å². The minimum absolute atomic E-state index is 0.0429. The molecule has 3 heterocycles. The Kier molecular flexibility index (Phi) is 2.84. The zero-order chi connectivity index (χ0) is 15.5. The van der Waals surface area contributed by atoms with Crippen LogP contribution in [0.5, 0.6) is 5.75 Å². The number of aliphatic carboxylic acids is 1. The van der Waals surface area contributed by atoms with Crippen molar-refractivity contribution in [3.8, 4) is 5.75 Å². The van der Waals surface area contributed by atoms with Gasteiger partial charge < -0.3 is 9.84 Å².